The summed E-state index contributed by atoms with van der Waals surface area (Å²) in [7, 11) is 3.29. The van der Waals surface area contributed by atoms with Gasteiger partial charge in [-0.15, -0.1) is 0 Å². The number of nitrogens with zero attached hydrogens (tertiary/aromatic N) is 1. The van der Waals surface area contributed by atoms with E-state index in [-0.39, 0.29) is 16.9 Å². The molecule has 0 aromatic heterocycles. The average Bonchev–Trinajstić information content (AvgIpc) is 2.77. The summed E-state index contributed by atoms with van der Waals surface area (Å²) in [5, 5.41) is 0.159. The third-order valence-corrected chi connectivity index (χ3v) is 11.0. The molecule has 1 amide bonds. The van der Waals surface area contributed by atoms with Crippen molar-refractivity contribution in [2.75, 3.05) is 34.4 Å². The minimum Gasteiger partial charge on any atom is -0.493 e. The first-order valence-electron chi connectivity index (χ1n) is 11.2. The van der Waals surface area contributed by atoms with Crippen molar-refractivity contribution in [1.29, 1.82) is 0 Å². The zero-order valence-corrected chi connectivity index (χ0v) is 21.9. The predicted octanol–water partition coefficient (Wildman–Crippen LogP) is 5.97. The fraction of sp³-hybridized carbons (Fsp3) is 0.500. The van der Waals surface area contributed by atoms with Gasteiger partial charge in [0.15, 0.2) is 19.8 Å². The number of amides is 1. The molecule has 0 radical (unpaired) electrons. The first-order chi connectivity index (χ1) is 15.0. The third kappa shape index (κ3) is 6.59. The van der Waals surface area contributed by atoms with Crippen molar-refractivity contribution in [3.05, 3.63) is 59.7 Å². The summed E-state index contributed by atoms with van der Waals surface area (Å²) in [6.45, 7) is 12.5. The van der Waals surface area contributed by atoms with E-state index in [0.717, 1.165) is 12.0 Å². The Bertz CT molecular complexity index is 877. The van der Waals surface area contributed by atoms with Crippen LogP contribution in [0.1, 0.15) is 49.0 Å². The van der Waals surface area contributed by atoms with Crippen LogP contribution in [0, 0.1) is 0 Å². The molecule has 0 aliphatic carbocycles. The fourth-order valence-corrected chi connectivity index (χ4v) is 4.42. The summed E-state index contributed by atoms with van der Waals surface area (Å²) in [6, 6.07) is 15.4. The van der Waals surface area contributed by atoms with E-state index in [0.29, 0.717) is 30.2 Å². The highest BCUT2D eigenvalue weighted by molar-refractivity contribution is 6.74. The fourth-order valence-electron chi connectivity index (χ4n) is 3.36. The minimum absolute atomic E-state index is 0.0152. The van der Waals surface area contributed by atoms with Gasteiger partial charge >= 0.3 is 0 Å². The van der Waals surface area contributed by atoms with Gasteiger partial charge in [-0.2, -0.15) is 0 Å². The van der Waals surface area contributed by atoms with Crippen LogP contribution in [0.5, 0.6) is 11.5 Å². The molecular formula is C26H39NO4Si. The Morgan fingerprint density at radius 2 is 1.62 bits per heavy atom. The maximum absolute atomic E-state index is 13.0. The first-order valence-corrected chi connectivity index (χ1v) is 14.1. The van der Waals surface area contributed by atoms with E-state index >= 15 is 0 Å². The van der Waals surface area contributed by atoms with Crippen molar-refractivity contribution in [2.24, 2.45) is 0 Å². The van der Waals surface area contributed by atoms with E-state index in [2.05, 4.69) is 39.9 Å². The Hall–Kier alpha value is -2.31. The van der Waals surface area contributed by atoms with E-state index in [1.54, 1.807) is 19.1 Å². The van der Waals surface area contributed by atoms with Crippen LogP contribution >= 0.6 is 0 Å². The average molecular weight is 458 g/mol. The molecule has 2 rings (SSSR count). The first kappa shape index (κ1) is 25.9. The van der Waals surface area contributed by atoms with Gasteiger partial charge in [-0.3, -0.25) is 4.79 Å². The Balaban J connectivity index is 2.23. The number of likely N-dealkylation sites (N-methyl/N-ethyl adjacent to an activating group) is 1. The van der Waals surface area contributed by atoms with Gasteiger partial charge in [-0.1, -0.05) is 45.0 Å². The number of carbonyl (C=O) groups excluding carboxylic acids is 1. The summed E-state index contributed by atoms with van der Waals surface area (Å²) in [5.41, 5.74) is 1.80. The maximum Gasteiger partial charge on any atom is 0.253 e. The molecule has 2 aromatic carbocycles. The molecule has 1 unspecified atom stereocenters. The van der Waals surface area contributed by atoms with Crippen LogP contribution in [0.3, 0.4) is 0 Å². The minimum atomic E-state index is -1.84. The molecule has 0 heterocycles. The zero-order chi connectivity index (χ0) is 23.9. The lowest BCUT2D eigenvalue weighted by Crippen LogP contribution is -2.41. The van der Waals surface area contributed by atoms with Crippen molar-refractivity contribution >= 4 is 14.2 Å². The summed E-state index contributed by atoms with van der Waals surface area (Å²) in [5.74, 6) is 1.51. The maximum atomic E-state index is 13.0. The highest BCUT2D eigenvalue weighted by Crippen LogP contribution is 2.37. The van der Waals surface area contributed by atoms with Crippen LogP contribution in [0.4, 0.5) is 0 Å². The van der Waals surface area contributed by atoms with Gasteiger partial charge in [0.2, 0.25) is 0 Å². The molecule has 0 bridgehead atoms. The molecule has 6 heteroatoms. The van der Waals surface area contributed by atoms with Crippen molar-refractivity contribution in [2.45, 2.75) is 51.2 Å². The van der Waals surface area contributed by atoms with E-state index in [1.807, 2.05) is 49.5 Å². The number of hydrogen-bond acceptors (Lipinski definition) is 4. The van der Waals surface area contributed by atoms with E-state index in [4.69, 9.17) is 13.9 Å². The molecule has 0 aliphatic heterocycles. The van der Waals surface area contributed by atoms with Crippen LogP contribution < -0.4 is 9.47 Å². The normalized spacial score (nSPS) is 12.9. The van der Waals surface area contributed by atoms with Crippen LogP contribution in [-0.2, 0) is 4.43 Å². The molecule has 176 valence electrons. The van der Waals surface area contributed by atoms with Crippen LogP contribution in [0.25, 0.3) is 0 Å². The second-order valence-electron chi connectivity index (χ2n) is 9.76. The van der Waals surface area contributed by atoms with E-state index in [9.17, 15) is 4.79 Å². The lowest BCUT2D eigenvalue weighted by atomic mass is 9.94. The zero-order valence-electron chi connectivity index (χ0n) is 20.9. The quantitative estimate of drug-likeness (QED) is 0.412. The molecule has 0 saturated heterocycles. The summed E-state index contributed by atoms with van der Waals surface area (Å²) in [4.78, 5) is 14.8. The molecule has 0 spiro atoms. The van der Waals surface area contributed by atoms with E-state index in [1.165, 1.54) is 0 Å². The molecule has 0 aliphatic rings. The SMILES string of the molecule is COc1ccc(C(CCO[Si](C)(C)C(C)(C)C)CN(C)C(=O)c2ccccc2)cc1OC. The van der Waals surface area contributed by atoms with Gasteiger partial charge in [0.05, 0.1) is 14.2 Å². The number of rotatable bonds is 10. The van der Waals surface area contributed by atoms with Gasteiger partial charge in [-0.25, -0.2) is 0 Å². The van der Waals surface area contributed by atoms with Gasteiger partial charge in [0, 0.05) is 31.7 Å². The monoisotopic (exact) mass is 457 g/mol. The van der Waals surface area contributed by atoms with Gasteiger partial charge in [-0.05, 0) is 54.4 Å². The van der Waals surface area contributed by atoms with Crippen LogP contribution in [0.2, 0.25) is 18.1 Å². The molecule has 32 heavy (non-hydrogen) atoms. The van der Waals surface area contributed by atoms with Crippen molar-refractivity contribution in [3.63, 3.8) is 0 Å². The third-order valence-electron chi connectivity index (χ3n) is 6.48. The smallest absolute Gasteiger partial charge is 0.253 e. The summed E-state index contributed by atoms with van der Waals surface area (Å²) < 4.78 is 17.4. The lowest BCUT2D eigenvalue weighted by molar-refractivity contribution is 0.0781. The highest BCUT2D eigenvalue weighted by atomic mass is 28.4. The van der Waals surface area contributed by atoms with Crippen molar-refractivity contribution in [3.8, 4) is 11.5 Å². The Morgan fingerprint density at radius 1 is 1.00 bits per heavy atom. The number of carbonyl (C=O) groups is 1. The van der Waals surface area contributed by atoms with Crippen LogP contribution in [-0.4, -0.2) is 53.5 Å². The second-order valence-corrected chi connectivity index (χ2v) is 14.6. The van der Waals surface area contributed by atoms with E-state index < -0.39 is 8.32 Å². The Labute approximate surface area is 194 Å². The highest BCUT2D eigenvalue weighted by Gasteiger charge is 2.37. The van der Waals surface area contributed by atoms with Gasteiger partial charge < -0.3 is 18.8 Å². The molecule has 0 N–H and O–H groups in total. The lowest BCUT2D eigenvalue weighted by Gasteiger charge is -2.36. The number of benzene rings is 2. The predicted molar refractivity (Wildman–Crippen MR) is 133 cm³/mol. The molecular weight excluding hydrogens is 418 g/mol. The van der Waals surface area contributed by atoms with Gasteiger partial charge in [0.1, 0.15) is 0 Å². The Kier molecular flexibility index (Phi) is 8.93. The largest absolute Gasteiger partial charge is 0.493 e. The van der Waals surface area contributed by atoms with Crippen molar-refractivity contribution in [1.82, 2.24) is 4.90 Å². The number of hydrogen-bond donors (Lipinski definition) is 0. The second kappa shape index (κ2) is 11.0. The number of methoxy groups -OCH3 is 2. The van der Waals surface area contributed by atoms with Crippen LogP contribution in [0.15, 0.2) is 48.5 Å². The summed E-state index contributed by atoms with van der Waals surface area (Å²) in [6.07, 6.45) is 0.814. The topological polar surface area (TPSA) is 48.0 Å². The molecule has 5 nitrogen and oxygen atoms in total. The standard InChI is InChI=1S/C26H39NO4Si/c1-26(2,3)32(7,8)31-17-16-22(21-14-15-23(29-5)24(18-21)30-6)19-27(4)25(28)20-12-10-9-11-13-20/h9-15,18,22H,16-17,19H2,1-8H3. The molecule has 1 atom stereocenters. The van der Waals surface area contributed by atoms with Crippen molar-refractivity contribution < 1.29 is 18.7 Å². The van der Waals surface area contributed by atoms with Gasteiger partial charge in [0.25, 0.3) is 5.91 Å². The molecule has 2 aromatic rings. The molecule has 0 fully saturated rings. The Morgan fingerprint density at radius 3 is 2.19 bits per heavy atom. The number of ether oxygens (including phenoxy) is 2. The molecule has 0 saturated carbocycles. The summed E-state index contributed by atoms with van der Waals surface area (Å²) >= 11 is 0.